The molecule has 0 spiro atoms. The topological polar surface area (TPSA) is 113 Å². The summed E-state index contributed by atoms with van der Waals surface area (Å²) < 4.78 is 31.7. The number of ketones is 1. The minimum atomic E-state index is -3.89. The summed E-state index contributed by atoms with van der Waals surface area (Å²) >= 11 is 0. The molecule has 0 aliphatic rings. The van der Waals surface area contributed by atoms with Gasteiger partial charge >= 0.3 is 0 Å². The smallest absolute Gasteiger partial charge is 0.244 e. The van der Waals surface area contributed by atoms with Crippen LogP contribution in [-0.4, -0.2) is 63.4 Å². The van der Waals surface area contributed by atoms with Gasteiger partial charge < -0.3 is 15.0 Å². The lowest BCUT2D eigenvalue weighted by molar-refractivity contribution is -0.140. The van der Waals surface area contributed by atoms with Gasteiger partial charge in [-0.05, 0) is 49.1 Å². The molecular weight excluding hydrogens is 494 g/mol. The maximum atomic E-state index is 13.7. The summed E-state index contributed by atoms with van der Waals surface area (Å²) in [6, 6.07) is 12.4. The van der Waals surface area contributed by atoms with E-state index in [1.807, 2.05) is 19.9 Å². The van der Waals surface area contributed by atoms with E-state index in [-0.39, 0.29) is 29.8 Å². The molecule has 0 aliphatic carbocycles. The molecule has 0 fully saturated rings. The van der Waals surface area contributed by atoms with Crippen LogP contribution in [-0.2, 0) is 26.2 Å². The van der Waals surface area contributed by atoms with Gasteiger partial charge in [0.25, 0.3) is 0 Å². The molecule has 2 amide bonds. The molecule has 0 heterocycles. The molecule has 0 saturated carbocycles. The Morgan fingerprint density at radius 2 is 1.73 bits per heavy atom. The lowest BCUT2D eigenvalue weighted by atomic mass is 10.1. The van der Waals surface area contributed by atoms with E-state index < -0.39 is 28.5 Å². The molecule has 202 valence electrons. The minimum absolute atomic E-state index is 0.0781. The first-order valence-corrected chi connectivity index (χ1v) is 14.0. The molecule has 9 nitrogen and oxygen atoms in total. The third-order valence-electron chi connectivity index (χ3n) is 5.78. The van der Waals surface area contributed by atoms with E-state index in [2.05, 4.69) is 5.32 Å². The van der Waals surface area contributed by atoms with Crippen LogP contribution in [0.5, 0.6) is 5.75 Å². The summed E-state index contributed by atoms with van der Waals surface area (Å²) in [5, 5.41) is 2.89. The number of methoxy groups -OCH3 is 1. The van der Waals surface area contributed by atoms with Gasteiger partial charge in [0.15, 0.2) is 5.78 Å². The SMILES string of the molecule is CC[C@H](C(=O)NCC(C)C)N(Cc1cccc(OC)c1)C(=O)CN(c1cccc(C(C)=O)c1)S(C)(=O)=O. The number of hydrogen-bond acceptors (Lipinski definition) is 6. The second-order valence-electron chi connectivity index (χ2n) is 9.31. The van der Waals surface area contributed by atoms with Crippen molar-refractivity contribution in [2.24, 2.45) is 5.92 Å². The number of amides is 2. The fraction of sp³-hybridized carbons (Fsp3) is 0.444. The van der Waals surface area contributed by atoms with Crippen molar-refractivity contribution < 1.29 is 27.5 Å². The highest BCUT2D eigenvalue weighted by atomic mass is 32.2. The monoisotopic (exact) mass is 531 g/mol. The normalized spacial score (nSPS) is 12.1. The number of benzene rings is 2. The van der Waals surface area contributed by atoms with E-state index in [0.29, 0.717) is 24.3 Å². The number of carbonyl (C=O) groups excluding carboxylic acids is 3. The van der Waals surface area contributed by atoms with Crippen molar-refractivity contribution in [2.75, 3.05) is 30.8 Å². The molecule has 10 heteroatoms. The van der Waals surface area contributed by atoms with Gasteiger partial charge in [0, 0.05) is 18.7 Å². The molecule has 0 bridgehead atoms. The van der Waals surface area contributed by atoms with E-state index >= 15 is 0 Å². The predicted molar refractivity (Wildman–Crippen MR) is 144 cm³/mol. The lowest BCUT2D eigenvalue weighted by Crippen LogP contribution is -2.52. The summed E-state index contributed by atoms with van der Waals surface area (Å²) in [5.74, 6) is -0.265. The second kappa shape index (κ2) is 13.2. The van der Waals surface area contributed by atoms with E-state index in [9.17, 15) is 22.8 Å². The molecule has 0 saturated heterocycles. The summed E-state index contributed by atoms with van der Waals surface area (Å²) in [7, 11) is -2.36. The standard InChI is InChI=1S/C27H37N3O6S/c1-7-25(27(33)28-16-19(2)3)29(17-21-10-8-13-24(14-21)36-5)26(32)18-30(37(6,34)35)23-12-9-11-22(15-23)20(4)31/h8-15,19,25H,7,16-18H2,1-6H3,(H,28,33)/t25-/m1/s1. The average molecular weight is 532 g/mol. The molecule has 2 aromatic rings. The van der Waals surface area contributed by atoms with Gasteiger partial charge in [0.2, 0.25) is 21.8 Å². The molecule has 0 unspecified atom stereocenters. The van der Waals surface area contributed by atoms with Gasteiger partial charge in [-0.2, -0.15) is 0 Å². The summed E-state index contributed by atoms with van der Waals surface area (Å²) in [6.07, 6.45) is 1.33. The fourth-order valence-electron chi connectivity index (χ4n) is 3.80. The second-order valence-corrected chi connectivity index (χ2v) is 11.2. The minimum Gasteiger partial charge on any atom is -0.497 e. The van der Waals surface area contributed by atoms with Crippen LogP contribution in [0.4, 0.5) is 5.69 Å². The van der Waals surface area contributed by atoms with Crippen molar-refractivity contribution in [3.63, 3.8) is 0 Å². The van der Waals surface area contributed by atoms with Gasteiger partial charge in [-0.25, -0.2) is 8.42 Å². The van der Waals surface area contributed by atoms with Crippen molar-refractivity contribution in [1.29, 1.82) is 0 Å². The Hall–Kier alpha value is -3.40. The van der Waals surface area contributed by atoms with Crippen LogP contribution in [0.3, 0.4) is 0 Å². The first-order chi connectivity index (χ1) is 17.4. The Morgan fingerprint density at radius 3 is 2.30 bits per heavy atom. The van der Waals surface area contributed by atoms with Gasteiger partial charge in [-0.15, -0.1) is 0 Å². The van der Waals surface area contributed by atoms with E-state index in [4.69, 9.17) is 4.74 Å². The van der Waals surface area contributed by atoms with Crippen molar-refractivity contribution in [3.8, 4) is 5.75 Å². The Kier molecular flexibility index (Phi) is 10.7. The zero-order valence-electron chi connectivity index (χ0n) is 22.4. The van der Waals surface area contributed by atoms with Gasteiger partial charge in [0.1, 0.15) is 18.3 Å². The highest BCUT2D eigenvalue weighted by Gasteiger charge is 2.32. The lowest BCUT2D eigenvalue weighted by Gasteiger charge is -2.33. The van der Waals surface area contributed by atoms with Crippen LogP contribution in [0, 0.1) is 5.92 Å². The molecule has 37 heavy (non-hydrogen) atoms. The predicted octanol–water partition coefficient (Wildman–Crippen LogP) is 3.24. The first-order valence-electron chi connectivity index (χ1n) is 12.2. The van der Waals surface area contributed by atoms with Crippen molar-refractivity contribution in [2.45, 2.75) is 46.7 Å². The summed E-state index contributed by atoms with van der Waals surface area (Å²) in [4.78, 5) is 40.1. The van der Waals surface area contributed by atoms with Crippen LogP contribution >= 0.6 is 0 Å². The number of Topliss-reactive ketones (excluding diaryl/α,β-unsaturated/α-hetero) is 1. The van der Waals surface area contributed by atoms with E-state index in [1.54, 1.807) is 37.3 Å². The van der Waals surface area contributed by atoms with E-state index in [0.717, 1.165) is 16.1 Å². The molecule has 0 aliphatic heterocycles. The molecule has 2 aromatic carbocycles. The van der Waals surface area contributed by atoms with Crippen LogP contribution in [0.15, 0.2) is 48.5 Å². The number of carbonyl (C=O) groups is 3. The highest BCUT2D eigenvalue weighted by molar-refractivity contribution is 7.92. The van der Waals surface area contributed by atoms with Gasteiger partial charge in [-0.3, -0.25) is 18.7 Å². The van der Waals surface area contributed by atoms with Gasteiger partial charge in [0.05, 0.1) is 19.1 Å². The Bertz CT molecular complexity index is 1210. The first kappa shape index (κ1) is 29.8. The largest absolute Gasteiger partial charge is 0.497 e. The number of hydrogen-bond donors (Lipinski definition) is 1. The third kappa shape index (κ3) is 8.59. The number of sulfonamides is 1. The van der Waals surface area contributed by atoms with Crippen molar-refractivity contribution >= 4 is 33.3 Å². The van der Waals surface area contributed by atoms with Crippen LogP contribution in [0.1, 0.15) is 50.0 Å². The Balaban J connectivity index is 2.47. The number of rotatable bonds is 13. The average Bonchev–Trinajstić information content (AvgIpc) is 2.85. The van der Waals surface area contributed by atoms with Crippen molar-refractivity contribution in [3.05, 3.63) is 59.7 Å². The molecule has 0 radical (unpaired) electrons. The Morgan fingerprint density at radius 1 is 1.05 bits per heavy atom. The zero-order valence-corrected chi connectivity index (χ0v) is 23.2. The number of ether oxygens (including phenoxy) is 1. The molecule has 1 atom stereocenters. The van der Waals surface area contributed by atoms with Crippen LogP contribution in [0.25, 0.3) is 0 Å². The molecule has 1 N–H and O–H groups in total. The van der Waals surface area contributed by atoms with Crippen molar-refractivity contribution in [1.82, 2.24) is 10.2 Å². The quantitative estimate of drug-likeness (QED) is 0.397. The van der Waals surface area contributed by atoms with Crippen LogP contribution < -0.4 is 14.4 Å². The number of anilines is 1. The molecule has 2 rings (SSSR count). The highest BCUT2D eigenvalue weighted by Crippen LogP contribution is 2.22. The van der Waals surface area contributed by atoms with Gasteiger partial charge in [-0.1, -0.05) is 45.0 Å². The number of nitrogens with zero attached hydrogens (tertiary/aromatic N) is 2. The molecule has 0 aromatic heterocycles. The van der Waals surface area contributed by atoms with Crippen LogP contribution in [0.2, 0.25) is 0 Å². The maximum absolute atomic E-state index is 13.7. The molecular formula is C27H37N3O6S. The summed E-state index contributed by atoms with van der Waals surface area (Å²) in [6.45, 7) is 7.12. The zero-order chi connectivity index (χ0) is 27.8. The maximum Gasteiger partial charge on any atom is 0.244 e. The third-order valence-corrected chi connectivity index (χ3v) is 6.92. The Labute approximate surface area is 219 Å². The fourth-order valence-corrected chi connectivity index (χ4v) is 4.64. The van der Waals surface area contributed by atoms with E-state index in [1.165, 1.54) is 31.1 Å². The summed E-state index contributed by atoms with van der Waals surface area (Å²) in [5.41, 5.74) is 1.25. The number of nitrogens with one attached hydrogen (secondary N) is 1.